The Labute approximate surface area is 79.3 Å². The molecule has 2 radical (unpaired) electrons. The summed E-state index contributed by atoms with van der Waals surface area (Å²) in [5, 5.41) is 0. The summed E-state index contributed by atoms with van der Waals surface area (Å²) in [6, 6.07) is 0. The summed E-state index contributed by atoms with van der Waals surface area (Å²) in [5.41, 5.74) is 4.64. The summed E-state index contributed by atoms with van der Waals surface area (Å²) in [6.07, 6.45) is 18.1. The molecule has 1 atom stereocenters. The van der Waals surface area contributed by atoms with E-state index < -0.39 is 0 Å². The van der Waals surface area contributed by atoms with Crippen molar-refractivity contribution in [2.24, 2.45) is 5.92 Å². The van der Waals surface area contributed by atoms with Crippen LogP contribution < -0.4 is 0 Å². The molecular formula is C13H12. The highest BCUT2D eigenvalue weighted by atomic mass is 14.3. The Morgan fingerprint density at radius 2 is 2.15 bits per heavy atom. The van der Waals surface area contributed by atoms with Gasteiger partial charge in [-0.3, -0.25) is 0 Å². The van der Waals surface area contributed by atoms with Crippen molar-refractivity contribution in [2.75, 3.05) is 0 Å². The van der Waals surface area contributed by atoms with Crippen molar-refractivity contribution >= 4 is 0 Å². The molecule has 3 rings (SSSR count). The van der Waals surface area contributed by atoms with Crippen LogP contribution in [0.15, 0.2) is 47.1 Å². The van der Waals surface area contributed by atoms with Crippen LogP contribution in [0.3, 0.4) is 0 Å². The number of hydrogen-bond donors (Lipinski definition) is 0. The minimum Gasteiger partial charge on any atom is -0.0841 e. The highest BCUT2D eigenvalue weighted by molar-refractivity contribution is 5.48. The average molecular weight is 168 g/mol. The smallest absolute Gasteiger partial charge is 0.0205 e. The van der Waals surface area contributed by atoms with Crippen LogP contribution in [0, 0.1) is 12.3 Å². The van der Waals surface area contributed by atoms with E-state index >= 15 is 0 Å². The number of rotatable bonds is 0. The van der Waals surface area contributed by atoms with E-state index in [2.05, 4.69) is 36.8 Å². The molecule has 0 heteroatoms. The molecule has 0 N–H and O–H groups in total. The van der Waals surface area contributed by atoms with Crippen LogP contribution in [0.2, 0.25) is 0 Å². The number of fused-ring (bicyclic) bond motifs is 2. The van der Waals surface area contributed by atoms with E-state index in [0.717, 1.165) is 19.3 Å². The van der Waals surface area contributed by atoms with Crippen molar-refractivity contribution in [2.45, 2.75) is 19.3 Å². The van der Waals surface area contributed by atoms with Gasteiger partial charge in [0.25, 0.3) is 0 Å². The molecule has 0 aromatic heterocycles. The van der Waals surface area contributed by atoms with Crippen LogP contribution in [0.4, 0.5) is 0 Å². The molecule has 13 heavy (non-hydrogen) atoms. The quantitative estimate of drug-likeness (QED) is 0.487. The summed E-state index contributed by atoms with van der Waals surface area (Å²) >= 11 is 0. The maximum atomic E-state index is 3.49. The predicted molar refractivity (Wildman–Crippen MR) is 54.0 cm³/mol. The second-order valence-electron chi connectivity index (χ2n) is 3.85. The van der Waals surface area contributed by atoms with Crippen molar-refractivity contribution in [3.8, 4) is 0 Å². The minimum absolute atomic E-state index is 0.577. The van der Waals surface area contributed by atoms with Crippen molar-refractivity contribution < 1.29 is 0 Å². The van der Waals surface area contributed by atoms with Gasteiger partial charge < -0.3 is 0 Å². The molecule has 0 saturated heterocycles. The lowest BCUT2D eigenvalue weighted by molar-refractivity contribution is 0.767. The first kappa shape index (κ1) is 7.37. The Bertz CT molecular complexity index is 350. The van der Waals surface area contributed by atoms with Crippen LogP contribution in [-0.2, 0) is 0 Å². The highest BCUT2D eigenvalue weighted by Crippen LogP contribution is 2.41. The maximum Gasteiger partial charge on any atom is 0.0205 e. The SMILES string of the molecule is [C]1CC2=C(CC=CC2)C2C=CC=C12. The third-order valence-electron chi connectivity index (χ3n) is 3.12. The first-order valence-corrected chi connectivity index (χ1v) is 4.93. The molecule has 3 aliphatic carbocycles. The topological polar surface area (TPSA) is 0 Å². The third-order valence-corrected chi connectivity index (χ3v) is 3.12. The largest absolute Gasteiger partial charge is 0.0841 e. The van der Waals surface area contributed by atoms with Gasteiger partial charge in [-0.25, -0.2) is 0 Å². The Hall–Kier alpha value is -1.04. The van der Waals surface area contributed by atoms with Crippen LogP contribution in [0.5, 0.6) is 0 Å². The van der Waals surface area contributed by atoms with Crippen molar-refractivity contribution in [3.63, 3.8) is 0 Å². The van der Waals surface area contributed by atoms with E-state index in [1.165, 1.54) is 5.57 Å². The fraction of sp³-hybridized carbons (Fsp3) is 0.308. The number of hydrogen-bond acceptors (Lipinski definition) is 0. The van der Waals surface area contributed by atoms with Crippen LogP contribution >= 0.6 is 0 Å². The molecular weight excluding hydrogens is 156 g/mol. The van der Waals surface area contributed by atoms with E-state index in [-0.39, 0.29) is 0 Å². The Kier molecular flexibility index (Phi) is 1.55. The fourth-order valence-electron chi connectivity index (χ4n) is 2.40. The molecule has 3 aliphatic rings. The summed E-state index contributed by atoms with van der Waals surface area (Å²) in [5.74, 6) is 0.577. The van der Waals surface area contributed by atoms with Crippen molar-refractivity contribution in [3.05, 3.63) is 53.5 Å². The van der Waals surface area contributed by atoms with Crippen molar-refractivity contribution in [1.29, 1.82) is 0 Å². The molecule has 0 aromatic carbocycles. The molecule has 1 unspecified atom stereocenters. The first-order valence-electron chi connectivity index (χ1n) is 4.93. The zero-order valence-electron chi connectivity index (χ0n) is 7.59. The molecule has 0 fully saturated rings. The maximum absolute atomic E-state index is 3.49. The molecule has 0 amide bonds. The minimum atomic E-state index is 0.577. The fourth-order valence-corrected chi connectivity index (χ4v) is 2.40. The van der Waals surface area contributed by atoms with E-state index in [1.807, 2.05) is 0 Å². The van der Waals surface area contributed by atoms with Gasteiger partial charge in [0.2, 0.25) is 0 Å². The Morgan fingerprint density at radius 1 is 1.23 bits per heavy atom. The van der Waals surface area contributed by atoms with Gasteiger partial charge in [0.1, 0.15) is 0 Å². The lowest BCUT2D eigenvalue weighted by Gasteiger charge is -2.28. The zero-order valence-corrected chi connectivity index (χ0v) is 7.59. The standard InChI is InChI=1S/C13H12/c1-2-6-12-10(4-1)8-9-11-5-3-7-13(11)12/h1-3,5,7,13H,4,6,8H2. The van der Waals surface area contributed by atoms with Gasteiger partial charge in [-0.05, 0) is 19.3 Å². The molecule has 0 aliphatic heterocycles. The highest BCUT2D eigenvalue weighted by Gasteiger charge is 2.26. The first-order chi connectivity index (χ1) is 6.45. The van der Waals surface area contributed by atoms with E-state index in [4.69, 9.17) is 0 Å². The van der Waals surface area contributed by atoms with Crippen LogP contribution in [0.25, 0.3) is 0 Å². The lowest BCUT2D eigenvalue weighted by atomic mass is 9.76. The van der Waals surface area contributed by atoms with E-state index in [0.29, 0.717) is 5.92 Å². The van der Waals surface area contributed by atoms with E-state index in [9.17, 15) is 0 Å². The molecule has 64 valence electrons. The Balaban J connectivity index is 2.02. The van der Waals surface area contributed by atoms with Gasteiger partial charge >= 0.3 is 0 Å². The molecule has 0 heterocycles. The molecule has 0 aromatic rings. The van der Waals surface area contributed by atoms with Crippen LogP contribution in [0.1, 0.15) is 19.3 Å². The third kappa shape index (κ3) is 1.05. The average Bonchev–Trinajstić information content (AvgIpc) is 2.65. The van der Waals surface area contributed by atoms with E-state index in [1.54, 1.807) is 11.1 Å². The van der Waals surface area contributed by atoms with Gasteiger partial charge in [-0.1, -0.05) is 47.1 Å². The normalized spacial score (nSPS) is 30.2. The van der Waals surface area contributed by atoms with Gasteiger partial charge in [0.05, 0.1) is 0 Å². The molecule has 0 saturated carbocycles. The second-order valence-corrected chi connectivity index (χ2v) is 3.85. The number of allylic oxidation sites excluding steroid dienone is 8. The molecule has 0 spiro atoms. The molecule has 0 bridgehead atoms. The summed E-state index contributed by atoms with van der Waals surface area (Å²) < 4.78 is 0. The van der Waals surface area contributed by atoms with Gasteiger partial charge in [0, 0.05) is 12.3 Å². The van der Waals surface area contributed by atoms with Gasteiger partial charge in [-0.15, -0.1) is 0 Å². The summed E-state index contributed by atoms with van der Waals surface area (Å²) in [6.45, 7) is 0. The lowest BCUT2D eigenvalue weighted by Crippen LogP contribution is -2.13. The second kappa shape index (κ2) is 2.73. The van der Waals surface area contributed by atoms with Gasteiger partial charge in [0.15, 0.2) is 0 Å². The molecule has 0 nitrogen and oxygen atoms in total. The summed E-state index contributed by atoms with van der Waals surface area (Å²) in [7, 11) is 0. The Morgan fingerprint density at radius 3 is 3.15 bits per heavy atom. The van der Waals surface area contributed by atoms with Crippen molar-refractivity contribution in [1.82, 2.24) is 0 Å². The van der Waals surface area contributed by atoms with Crippen LogP contribution in [-0.4, -0.2) is 0 Å². The predicted octanol–water partition coefficient (Wildman–Crippen LogP) is 3.23. The monoisotopic (exact) mass is 168 g/mol. The van der Waals surface area contributed by atoms with Gasteiger partial charge in [-0.2, -0.15) is 0 Å². The summed E-state index contributed by atoms with van der Waals surface area (Å²) in [4.78, 5) is 0. The zero-order chi connectivity index (χ0) is 8.67.